The predicted molar refractivity (Wildman–Crippen MR) is 120 cm³/mol. The van der Waals surface area contributed by atoms with Gasteiger partial charge in [0.25, 0.3) is 5.91 Å². The molecule has 2 saturated heterocycles. The van der Waals surface area contributed by atoms with Crippen molar-refractivity contribution in [3.05, 3.63) is 52.4 Å². The summed E-state index contributed by atoms with van der Waals surface area (Å²) in [6.07, 6.45) is 4.12. The lowest BCUT2D eigenvalue weighted by molar-refractivity contribution is 0.0444. The van der Waals surface area contributed by atoms with Crippen molar-refractivity contribution in [1.29, 1.82) is 0 Å². The number of pyridine rings is 1. The van der Waals surface area contributed by atoms with Crippen molar-refractivity contribution in [2.24, 2.45) is 0 Å². The SMILES string of the molecule is COc1ccc(Cl)c(Cl)c1-c1ccn2cc(C(=O)N3CC4CCC(C3)N4C(=O)O)nc2c1. The molecule has 5 rings (SSSR count). The molecule has 10 heteroatoms. The smallest absolute Gasteiger partial charge is 0.407 e. The summed E-state index contributed by atoms with van der Waals surface area (Å²) >= 11 is 12.6. The molecule has 2 bridgehead atoms. The molecule has 2 aliphatic rings. The molecule has 32 heavy (non-hydrogen) atoms. The molecule has 0 radical (unpaired) electrons. The second kappa shape index (κ2) is 7.86. The van der Waals surface area contributed by atoms with Crippen molar-refractivity contribution in [1.82, 2.24) is 19.2 Å². The number of likely N-dealkylation sites (tertiary alicyclic amines) is 1. The van der Waals surface area contributed by atoms with Crippen LogP contribution in [0.4, 0.5) is 4.79 Å². The van der Waals surface area contributed by atoms with Crippen LogP contribution in [0.3, 0.4) is 0 Å². The summed E-state index contributed by atoms with van der Waals surface area (Å²) in [5.41, 5.74) is 2.31. The molecule has 4 heterocycles. The van der Waals surface area contributed by atoms with E-state index in [1.54, 1.807) is 40.9 Å². The van der Waals surface area contributed by atoms with Gasteiger partial charge in [0.2, 0.25) is 0 Å². The van der Waals surface area contributed by atoms with E-state index in [4.69, 9.17) is 27.9 Å². The second-order valence-corrected chi connectivity index (χ2v) is 8.82. The van der Waals surface area contributed by atoms with Gasteiger partial charge in [-0.15, -0.1) is 0 Å². The first-order valence-electron chi connectivity index (χ1n) is 10.2. The zero-order valence-electron chi connectivity index (χ0n) is 17.2. The highest BCUT2D eigenvalue weighted by Crippen LogP contribution is 2.41. The third-order valence-electron chi connectivity index (χ3n) is 6.23. The minimum Gasteiger partial charge on any atom is -0.496 e. The molecule has 0 spiro atoms. The molecule has 2 aliphatic heterocycles. The van der Waals surface area contributed by atoms with Crippen LogP contribution in [0, 0.1) is 0 Å². The lowest BCUT2D eigenvalue weighted by atomic mass is 10.1. The summed E-state index contributed by atoms with van der Waals surface area (Å²) in [6, 6.07) is 6.79. The summed E-state index contributed by atoms with van der Waals surface area (Å²) in [4.78, 5) is 32.4. The summed E-state index contributed by atoms with van der Waals surface area (Å²) in [5.74, 6) is 0.383. The molecule has 0 aliphatic carbocycles. The number of aromatic nitrogens is 2. The number of imidazole rings is 1. The summed E-state index contributed by atoms with van der Waals surface area (Å²) < 4.78 is 7.21. The summed E-state index contributed by atoms with van der Waals surface area (Å²) in [7, 11) is 1.56. The molecule has 2 amide bonds. The Hall–Kier alpha value is -2.97. The number of hydrogen-bond acceptors (Lipinski definition) is 4. The fraction of sp³-hybridized carbons (Fsp3) is 0.318. The third-order valence-corrected chi connectivity index (χ3v) is 7.04. The van der Waals surface area contributed by atoms with Crippen molar-refractivity contribution < 1.29 is 19.4 Å². The van der Waals surface area contributed by atoms with Gasteiger partial charge in [0.1, 0.15) is 17.1 Å². The van der Waals surface area contributed by atoms with E-state index >= 15 is 0 Å². The number of methoxy groups -OCH3 is 1. The van der Waals surface area contributed by atoms with Crippen LogP contribution in [-0.2, 0) is 0 Å². The Morgan fingerprint density at radius 2 is 1.88 bits per heavy atom. The molecule has 8 nitrogen and oxygen atoms in total. The normalized spacial score (nSPS) is 20.1. The molecule has 2 aromatic heterocycles. The van der Waals surface area contributed by atoms with Gasteiger partial charge in [0.15, 0.2) is 0 Å². The Bertz CT molecular complexity index is 1230. The van der Waals surface area contributed by atoms with Gasteiger partial charge in [-0.3, -0.25) is 9.69 Å². The number of halogens is 2. The van der Waals surface area contributed by atoms with E-state index < -0.39 is 6.09 Å². The van der Waals surface area contributed by atoms with Gasteiger partial charge in [0.05, 0.1) is 29.2 Å². The lowest BCUT2D eigenvalue weighted by Crippen LogP contribution is -2.56. The van der Waals surface area contributed by atoms with Gasteiger partial charge < -0.3 is 19.1 Å². The lowest BCUT2D eigenvalue weighted by Gasteiger charge is -2.39. The van der Waals surface area contributed by atoms with Crippen LogP contribution < -0.4 is 4.74 Å². The van der Waals surface area contributed by atoms with Gasteiger partial charge in [-0.25, -0.2) is 9.78 Å². The topological polar surface area (TPSA) is 87.4 Å². The van der Waals surface area contributed by atoms with Gasteiger partial charge in [-0.1, -0.05) is 23.2 Å². The highest BCUT2D eigenvalue weighted by Gasteiger charge is 2.44. The van der Waals surface area contributed by atoms with E-state index in [0.717, 1.165) is 18.4 Å². The molecule has 2 atom stereocenters. The predicted octanol–water partition coefficient (Wildman–Crippen LogP) is 4.28. The Morgan fingerprint density at radius 1 is 1.16 bits per heavy atom. The molecule has 3 aromatic rings. The first-order chi connectivity index (χ1) is 15.4. The number of hydrogen-bond donors (Lipinski definition) is 1. The maximum atomic E-state index is 13.1. The number of piperazine rings is 1. The maximum Gasteiger partial charge on any atom is 0.407 e. The van der Waals surface area contributed by atoms with Gasteiger partial charge in [-0.2, -0.15) is 0 Å². The fourth-order valence-corrected chi connectivity index (χ4v) is 5.18. The quantitative estimate of drug-likeness (QED) is 0.611. The van der Waals surface area contributed by atoms with E-state index in [0.29, 0.717) is 45.8 Å². The van der Waals surface area contributed by atoms with Crippen molar-refractivity contribution in [3.8, 4) is 16.9 Å². The number of amides is 2. The number of benzene rings is 1. The minimum absolute atomic E-state index is 0.156. The minimum atomic E-state index is -0.917. The fourth-order valence-electron chi connectivity index (χ4n) is 4.76. The second-order valence-electron chi connectivity index (χ2n) is 8.03. The Balaban J connectivity index is 1.45. The number of carbonyl (C=O) groups excluding carboxylic acids is 1. The maximum absolute atomic E-state index is 13.1. The third kappa shape index (κ3) is 3.34. The van der Waals surface area contributed by atoms with Crippen molar-refractivity contribution in [2.75, 3.05) is 20.2 Å². The van der Waals surface area contributed by atoms with Crippen LogP contribution in [0.5, 0.6) is 5.75 Å². The standard InChI is InChI=1S/C22H20Cl2N4O4/c1-32-17-5-4-15(23)20(24)19(17)12-6-7-26-11-16(25-18(26)8-12)21(29)27-9-13-2-3-14(10-27)28(13)22(30)31/h4-8,11,13-14H,2-3,9-10H2,1H3,(H,30,31). The van der Waals surface area contributed by atoms with E-state index in [2.05, 4.69) is 4.98 Å². The largest absolute Gasteiger partial charge is 0.496 e. The van der Waals surface area contributed by atoms with Gasteiger partial charge in [0, 0.05) is 31.0 Å². The highest BCUT2D eigenvalue weighted by atomic mass is 35.5. The molecule has 1 aromatic carbocycles. The number of rotatable bonds is 3. The molecule has 0 saturated carbocycles. The summed E-state index contributed by atoms with van der Waals surface area (Å²) in [5, 5.41) is 10.2. The van der Waals surface area contributed by atoms with E-state index in [1.165, 1.54) is 4.90 Å². The van der Waals surface area contributed by atoms with Crippen LogP contribution in [0.25, 0.3) is 16.8 Å². The molecular weight excluding hydrogens is 455 g/mol. The van der Waals surface area contributed by atoms with E-state index in [9.17, 15) is 14.7 Å². The van der Waals surface area contributed by atoms with Gasteiger partial charge >= 0.3 is 6.09 Å². The van der Waals surface area contributed by atoms with Crippen LogP contribution in [0.2, 0.25) is 10.0 Å². The molecule has 2 fully saturated rings. The van der Waals surface area contributed by atoms with Crippen molar-refractivity contribution in [2.45, 2.75) is 24.9 Å². The molecule has 166 valence electrons. The number of nitrogens with zero attached hydrogens (tertiary/aromatic N) is 4. The number of fused-ring (bicyclic) bond motifs is 3. The first kappa shape index (κ1) is 20.9. The van der Waals surface area contributed by atoms with Crippen LogP contribution in [0.1, 0.15) is 23.3 Å². The monoisotopic (exact) mass is 474 g/mol. The summed E-state index contributed by atoms with van der Waals surface area (Å²) in [6.45, 7) is 0.770. The number of carboxylic acid groups (broad SMARTS) is 1. The van der Waals surface area contributed by atoms with E-state index in [1.807, 2.05) is 12.1 Å². The number of carbonyl (C=O) groups is 2. The molecule has 2 unspecified atom stereocenters. The highest BCUT2D eigenvalue weighted by molar-refractivity contribution is 6.44. The zero-order chi connectivity index (χ0) is 22.6. The van der Waals surface area contributed by atoms with Crippen LogP contribution in [0.15, 0.2) is 36.7 Å². The van der Waals surface area contributed by atoms with Crippen molar-refractivity contribution in [3.63, 3.8) is 0 Å². The van der Waals surface area contributed by atoms with E-state index in [-0.39, 0.29) is 18.0 Å². The Labute approximate surface area is 193 Å². The van der Waals surface area contributed by atoms with Crippen molar-refractivity contribution >= 4 is 40.8 Å². The van der Waals surface area contributed by atoms with Crippen LogP contribution >= 0.6 is 23.2 Å². The average Bonchev–Trinajstić information content (AvgIpc) is 3.32. The van der Waals surface area contributed by atoms with Crippen LogP contribution in [-0.4, -0.2) is 68.6 Å². The average molecular weight is 475 g/mol. The Morgan fingerprint density at radius 3 is 2.53 bits per heavy atom. The number of ether oxygens (including phenoxy) is 1. The zero-order valence-corrected chi connectivity index (χ0v) is 18.7. The first-order valence-corrected chi connectivity index (χ1v) is 10.9. The Kier molecular flexibility index (Phi) is 5.14. The molecular formula is C22H20Cl2N4O4. The molecule has 1 N–H and O–H groups in total. The van der Waals surface area contributed by atoms with Gasteiger partial charge in [-0.05, 0) is 42.7 Å².